The lowest BCUT2D eigenvalue weighted by molar-refractivity contribution is 0.677. The van der Waals surface area contributed by atoms with E-state index in [-0.39, 0.29) is 0 Å². The van der Waals surface area contributed by atoms with Gasteiger partial charge in [0.15, 0.2) is 0 Å². The van der Waals surface area contributed by atoms with Crippen LogP contribution in [0.3, 0.4) is 0 Å². The van der Waals surface area contributed by atoms with E-state index >= 15 is 0 Å². The molecule has 0 N–H and O–H groups in total. The van der Waals surface area contributed by atoms with Crippen molar-refractivity contribution >= 4 is 10.8 Å². The van der Waals surface area contributed by atoms with Crippen molar-refractivity contribution in [3.05, 3.63) is 66.2 Å². The zero-order chi connectivity index (χ0) is 12.1. The smallest absolute Gasteiger partial charge is 0.0535 e. The summed E-state index contributed by atoms with van der Waals surface area (Å²) in [5.74, 6) is 0.992. The fourth-order valence-electron chi connectivity index (χ4n) is 1.77. The molecule has 0 aromatic heterocycles. The third kappa shape index (κ3) is 3.27. The average Bonchev–Trinajstić information content (AvgIpc) is 2.40. The van der Waals surface area contributed by atoms with Gasteiger partial charge in [-0.1, -0.05) is 55.5 Å². The summed E-state index contributed by atoms with van der Waals surface area (Å²) in [6, 6.07) is 19.9. The average molecular weight is 244 g/mol. The summed E-state index contributed by atoms with van der Waals surface area (Å²) in [4.78, 5) is 0.912. The summed E-state index contributed by atoms with van der Waals surface area (Å²) in [6.45, 7) is 2.12. The summed E-state index contributed by atoms with van der Waals surface area (Å²) < 4.78 is 12.1. The molecule has 2 aromatic carbocycles. The lowest BCUT2D eigenvalue weighted by atomic mass is 10.0. The van der Waals surface area contributed by atoms with Gasteiger partial charge in [0, 0.05) is 10.6 Å². The molecule has 0 saturated carbocycles. The molecule has 2 heteroatoms. The maximum atomic E-state index is 12.1. The van der Waals surface area contributed by atoms with Gasteiger partial charge in [0.25, 0.3) is 0 Å². The molecular formula is C15H16OS. The third-order valence-corrected chi connectivity index (χ3v) is 4.38. The van der Waals surface area contributed by atoms with Crippen LogP contribution in [-0.4, -0.2) is 9.96 Å². The van der Waals surface area contributed by atoms with E-state index in [1.54, 1.807) is 0 Å². The van der Waals surface area contributed by atoms with Gasteiger partial charge in [0.2, 0.25) is 0 Å². The van der Waals surface area contributed by atoms with Gasteiger partial charge in [-0.2, -0.15) is 0 Å². The van der Waals surface area contributed by atoms with Gasteiger partial charge in [-0.25, -0.2) is 0 Å². The van der Waals surface area contributed by atoms with Crippen LogP contribution in [0.1, 0.15) is 18.4 Å². The number of hydrogen-bond acceptors (Lipinski definition) is 1. The first-order valence-electron chi connectivity index (χ1n) is 5.76. The van der Waals surface area contributed by atoms with Gasteiger partial charge in [-0.3, -0.25) is 4.21 Å². The van der Waals surface area contributed by atoms with Crippen molar-refractivity contribution in [2.75, 3.05) is 5.75 Å². The highest BCUT2D eigenvalue weighted by Gasteiger charge is 2.10. The van der Waals surface area contributed by atoms with Crippen LogP contribution in [0.5, 0.6) is 0 Å². The number of hydrogen-bond donors (Lipinski definition) is 0. The molecule has 1 nitrogen and oxygen atoms in total. The summed E-state index contributed by atoms with van der Waals surface area (Å²) in [6.07, 6.45) is 0. The molecule has 2 atom stereocenters. The van der Waals surface area contributed by atoms with Crippen LogP contribution in [0.15, 0.2) is 65.6 Å². The first kappa shape index (κ1) is 12.1. The summed E-state index contributed by atoms with van der Waals surface area (Å²) >= 11 is 0. The molecule has 0 aliphatic heterocycles. The van der Waals surface area contributed by atoms with Crippen molar-refractivity contribution in [3.63, 3.8) is 0 Å². The Morgan fingerprint density at radius 2 is 1.47 bits per heavy atom. The van der Waals surface area contributed by atoms with Crippen molar-refractivity contribution in [2.45, 2.75) is 17.7 Å². The molecule has 0 radical (unpaired) electrons. The van der Waals surface area contributed by atoms with Crippen LogP contribution >= 0.6 is 0 Å². The van der Waals surface area contributed by atoms with E-state index in [4.69, 9.17) is 0 Å². The van der Waals surface area contributed by atoms with Crippen LogP contribution in [0, 0.1) is 0 Å². The maximum Gasteiger partial charge on any atom is 0.0535 e. The van der Waals surface area contributed by atoms with E-state index in [9.17, 15) is 4.21 Å². The summed E-state index contributed by atoms with van der Waals surface area (Å²) in [7, 11) is -0.914. The van der Waals surface area contributed by atoms with Gasteiger partial charge < -0.3 is 0 Å². The van der Waals surface area contributed by atoms with Gasteiger partial charge in [0.1, 0.15) is 0 Å². The summed E-state index contributed by atoms with van der Waals surface area (Å²) in [5.41, 5.74) is 1.25. The third-order valence-electron chi connectivity index (χ3n) is 2.78. The second-order valence-corrected chi connectivity index (χ2v) is 5.63. The number of rotatable bonds is 4. The highest BCUT2D eigenvalue weighted by atomic mass is 32.2. The normalized spacial score (nSPS) is 14.2. The predicted octanol–water partition coefficient (Wildman–Crippen LogP) is 3.60. The molecule has 0 aliphatic rings. The minimum absolute atomic E-state index is 0.317. The Hall–Kier alpha value is -1.41. The van der Waals surface area contributed by atoms with Gasteiger partial charge in [-0.15, -0.1) is 0 Å². The molecule has 0 amide bonds. The van der Waals surface area contributed by atoms with Crippen molar-refractivity contribution in [2.24, 2.45) is 0 Å². The van der Waals surface area contributed by atoms with Crippen LogP contribution < -0.4 is 0 Å². The van der Waals surface area contributed by atoms with E-state index in [0.717, 1.165) is 4.90 Å². The van der Waals surface area contributed by atoms with Crippen molar-refractivity contribution in [1.29, 1.82) is 0 Å². The minimum atomic E-state index is -0.914. The molecule has 2 aromatic rings. The van der Waals surface area contributed by atoms with Crippen LogP contribution in [0.25, 0.3) is 0 Å². The standard InChI is InChI=1S/C15H16OS/c1-13(14-8-4-2-5-9-14)12-17(16)15-10-6-3-7-11-15/h2-11,13H,12H2,1H3/t13-,17?/m0/s1. The number of benzene rings is 2. The van der Waals surface area contributed by atoms with Crippen molar-refractivity contribution in [3.8, 4) is 0 Å². The molecule has 2 rings (SSSR count). The largest absolute Gasteiger partial charge is 0.254 e. The topological polar surface area (TPSA) is 17.1 Å². The lowest BCUT2D eigenvalue weighted by Crippen LogP contribution is -2.06. The lowest BCUT2D eigenvalue weighted by Gasteiger charge is -2.11. The zero-order valence-corrected chi connectivity index (χ0v) is 10.7. The second kappa shape index (κ2) is 5.78. The van der Waals surface area contributed by atoms with Crippen LogP contribution in [0.2, 0.25) is 0 Å². The van der Waals surface area contributed by atoms with Gasteiger partial charge in [-0.05, 0) is 23.6 Å². The molecule has 0 aliphatic carbocycles. The fourth-order valence-corrected chi connectivity index (χ4v) is 3.07. The predicted molar refractivity (Wildman–Crippen MR) is 72.6 cm³/mol. The molecular weight excluding hydrogens is 228 g/mol. The molecule has 0 fully saturated rings. The van der Waals surface area contributed by atoms with Crippen LogP contribution in [0.4, 0.5) is 0 Å². The van der Waals surface area contributed by atoms with Crippen molar-refractivity contribution < 1.29 is 4.21 Å². The molecule has 88 valence electrons. The van der Waals surface area contributed by atoms with Crippen LogP contribution in [-0.2, 0) is 10.8 Å². The highest BCUT2D eigenvalue weighted by Crippen LogP contribution is 2.18. The van der Waals surface area contributed by atoms with Crippen molar-refractivity contribution in [1.82, 2.24) is 0 Å². The monoisotopic (exact) mass is 244 g/mol. The first-order valence-corrected chi connectivity index (χ1v) is 7.07. The second-order valence-electron chi connectivity index (χ2n) is 4.14. The van der Waals surface area contributed by atoms with E-state index in [1.807, 2.05) is 48.5 Å². The Morgan fingerprint density at radius 1 is 0.941 bits per heavy atom. The Balaban J connectivity index is 2.05. The first-order chi connectivity index (χ1) is 8.27. The quantitative estimate of drug-likeness (QED) is 0.803. The van der Waals surface area contributed by atoms with E-state index in [0.29, 0.717) is 11.7 Å². The SMILES string of the molecule is C[C@@H](CS(=O)c1ccccc1)c1ccccc1. The molecule has 1 unspecified atom stereocenters. The molecule has 0 bridgehead atoms. The fraction of sp³-hybridized carbons (Fsp3) is 0.200. The Morgan fingerprint density at radius 3 is 2.06 bits per heavy atom. The summed E-state index contributed by atoms with van der Waals surface area (Å²) in [5, 5.41) is 0. The highest BCUT2D eigenvalue weighted by molar-refractivity contribution is 7.85. The van der Waals surface area contributed by atoms with Gasteiger partial charge in [0.05, 0.1) is 10.8 Å². The van der Waals surface area contributed by atoms with Gasteiger partial charge >= 0.3 is 0 Å². The van der Waals surface area contributed by atoms with E-state index < -0.39 is 10.8 Å². The minimum Gasteiger partial charge on any atom is -0.254 e. The molecule has 0 heterocycles. The Labute approximate surface area is 105 Å². The zero-order valence-electron chi connectivity index (χ0n) is 9.87. The van der Waals surface area contributed by atoms with E-state index in [2.05, 4.69) is 19.1 Å². The Bertz CT molecular complexity index is 479. The van der Waals surface area contributed by atoms with E-state index in [1.165, 1.54) is 5.56 Å². The molecule has 0 saturated heterocycles. The molecule has 17 heavy (non-hydrogen) atoms. The maximum absolute atomic E-state index is 12.1. The molecule has 0 spiro atoms. The Kier molecular flexibility index (Phi) is 4.10.